The number of benzene rings is 2. The molecule has 0 radical (unpaired) electrons. The lowest BCUT2D eigenvalue weighted by Gasteiger charge is -2.14. The second kappa shape index (κ2) is 7.32. The summed E-state index contributed by atoms with van der Waals surface area (Å²) >= 11 is 3.26. The molecule has 23 heavy (non-hydrogen) atoms. The molecule has 120 valence electrons. The van der Waals surface area contributed by atoms with Crippen LogP contribution in [-0.2, 0) is 9.53 Å². The van der Waals surface area contributed by atoms with Gasteiger partial charge in [0, 0.05) is 10.2 Å². The lowest BCUT2D eigenvalue weighted by Crippen LogP contribution is -2.30. The Hall–Kier alpha value is -2.28. The second-order valence-corrected chi connectivity index (χ2v) is 5.56. The summed E-state index contributed by atoms with van der Waals surface area (Å²) in [6.45, 7) is 1.31. The van der Waals surface area contributed by atoms with E-state index in [0.29, 0.717) is 5.69 Å². The van der Waals surface area contributed by atoms with Gasteiger partial charge in [-0.2, -0.15) is 0 Å². The summed E-state index contributed by atoms with van der Waals surface area (Å²) in [5.41, 5.74) is -0.325. The molecule has 7 heteroatoms. The van der Waals surface area contributed by atoms with Crippen LogP contribution in [0.3, 0.4) is 0 Å². The Bertz CT molecular complexity index is 714. The molecule has 0 saturated heterocycles. The standard InChI is InChI=1S/C16H12BrF2NO3/c1-9(15(21)20-11-7-5-10(17)6-8-11)23-16(22)14-12(18)3-2-4-13(14)19/h2-9H,1H3,(H,20,21)/t9-/m1/s1. The van der Waals surface area contributed by atoms with Crippen LogP contribution in [0.4, 0.5) is 14.5 Å². The molecule has 1 amide bonds. The van der Waals surface area contributed by atoms with Gasteiger partial charge in [-0.3, -0.25) is 4.79 Å². The molecule has 0 spiro atoms. The van der Waals surface area contributed by atoms with Crippen LogP contribution in [0.1, 0.15) is 17.3 Å². The van der Waals surface area contributed by atoms with Crippen molar-refractivity contribution in [3.05, 3.63) is 64.1 Å². The molecule has 0 aliphatic heterocycles. The van der Waals surface area contributed by atoms with Gasteiger partial charge >= 0.3 is 5.97 Å². The summed E-state index contributed by atoms with van der Waals surface area (Å²) in [4.78, 5) is 23.8. The quantitative estimate of drug-likeness (QED) is 0.814. The van der Waals surface area contributed by atoms with Crippen LogP contribution < -0.4 is 5.32 Å². The van der Waals surface area contributed by atoms with E-state index in [2.05, 4.69) is 21.2 Å². The molecule has 0 aliphatic rings. The number of ether oxygens (including phenoxy) is 1. The highest BCUT2D eigenvalue weighted by Crippen LogP contribution is 2.16. The van der Waals surface area contributed by atoms with Crippen molar-refractivity contribution in [2.45, 2.75) is 13.0 Å². The van der Waals surface area contributed by atoms with E-state index in [0.717, 1.165) is 22.7 Å². The minimum absolute atomic E-state index is 0.498. The van der Waals surface area contributed by atoms with Gasteiger partial charge in [0.15, 0.2) is 6.10 Å². The monoisotopic (exact) mass is 383 g/mol. The minimum atomic E-state index is -1.24. The van der Waals surface area contributed by atoms with Crippen molar-refractivity contribution in [1.29, 1.82) is 0 Å². The van der Waals surface area contributed by atoms with E-state index in [1.54, 1.807) is 24.3 Å². The maximum absolute atomic E-state index is 13.5. The van der Waals surface area contributed by atoms with Gasteiger partial charge in [0.05, 0.1) is 0 Å². The Kier molecular flexibility index (Phi) is 5.44. The molecule has 2 aromatic carbocycles. The Balaban J connectivity index is 2.03. The predicted molar refractivity (Wildman–Crippen MR) is 84.0 cm³/mol. The first kappa shape index (κ1) is 17.1. The number of carbonyl (C=O) groups is 2. The van der Waals surface area contributed by atoms with Gasteiger partial charge in [0.25, 0.3) is 5.91 Å². The third-order valence-electron chi connectivity index (χ3n) is 2.93. The molecular weight excluding hydrogens is 372 g/mol. The van der Waals surface area contributed by atoms with Gasteiger partial charge in [0.1, 0.15) is 17.2 Å². The Labute approximate surface area is 139 Å². The normalized spacial score (nSPS) is 11.7. The highest BCUT2D eigenvalue weighted by molar-refractivity contribution is 9.10. The van der Waals surface area contributed by atoms with Crippen molar-refractivity contribution < 1.29 is 23.1 Å². The number of amides is 1. The van der Waals surface area contributed by atoms with Gasteiger partial charge in [-0.15, -0.1) is 0 Å². The number of nitrogens with one attached hydrogen (secondary N) is 1. The van der Waals surface area contributed by atoms with E-state index >= 15 is 0 Å². The zero-order valence-corrected chi connectivity index (χ0v) is 13.6. The van der Waals surface area contributed by atoms with Crippen molar-refractivity contribution in [3.63, 3.8) is 0 Å². The molecular formula is C16H12BrF2NO3. The van der Waals surface area contributed by atoms with Crippen LogP contribution >= 0.6 is 15.9 Å². The third-order valence-corrected chi connectivity index (χ3v) is 3.46. The average molecular weight is 384 g/mol. The first-order chi connectivity index (χ1) is 10.9. The molecule has 1 N–H and O–H groups in total. The average Bonchev–Trinajstić information content (AvgIpc) is 2.49. The summed E-state index contributed by atoms with van der Waals surface area (Å²) in [5, 5.41) is 2.53. The fourth-order valence-corrected chi connectivity index (χ4v) is 2.01. The predicted octanol–water partition coefficient (Wildman–Crippen LogP) is 3.91. The maximum Gasteiger partial charge on any atom is 0.344 e. The summed E-state index contributed by atoms with van der Waals surface area (Å²) in [7, 11) is 0. The lowest BCUT2D eigenvalue weighted by molar-refractivity contribution is -0.123. The molecule has 0 bridgehead atoms. The van der Waals surface area contributed by atoms with Gasteiger partial charge in [-0.25, -0.2) is 13.6 Å². The molecule has 2 aromatic rings. The fourth-order valence-electron chi connectivity index (χ4n) is 1.74. The maximum atomic E-state index is 13.5. The highest BCUT2D eigenvalue weighted by Gasteiger charge is 2.24. The molecule has 1 atom stereocenters. The molecule has 0 unspecified atom stereocenters. The van der Waals surface area contributed by atoms with E-state index in [4.69, 9.17) is 4.74 Å². The molecule has 0 heterocycles. The number of esters is 1. The van der Waals surface area contributed by atoms with Gasteiger partial charge in [-0.05, 0) is 43.3 Å². The molecule has 0 aromatic heterocycles. The van der Waals surface area contributed by atoms with Crippen molar-refractivity contribution in [2.75, 3.05) is 5.32 Å². The molecule has 0 fully saturated rings. The van der Waals surface area contributed by atoms with E-state index in [1.807, 2.05) is 0 Å². The SMILES string of the molecule is C[C@@H](OC(=O)c1c(F)cccc1F)C(=O)Nc1ccc(Br)cc1. The van der Waals surface area contributed by atoms with Crippen molar-refractivity contribution in [3.8, 4) is 0 Å². The topological polar surface area (TPSA) is 55.4 Å². The fraction of sp³-hybridized carbons (Fsp3) is 0.125. The number of halogens is 3. The number of anilines is 1. The summed E-state index contributed by atoms with van der Waals surface area (Å²) in [6, 6.07) is 9.74. The van der Waals surface area contributed by atoms with Crippen LogP contribution in [0.5, 0.6) is 0 Å². The highest BCUT2D eigenvalue weighted by atomic mass is 79.9. The van der Waals surface area contributed by atoms with E-state index in [9.17, 15) is 18.4 Å². The summed E-state index contributed by atoms with van der Waals surface area (Å²) < 4.78 is 32.6. The Morgan fingerprint density at radius 3 is 2.22 bits per heavy atom. The molecule has 0 saturated carbocycles. The second-order valence-electron chi connectivity index (χ2n) is 4.64. The van der Waals surface area contributed by atoms with E-state index in [-0.39, 0.29) is 0 Å². The van der Waals surface area contributed by atoms with E-state index < -0.39 is 35.2 Å². The Morgan fingerprint density at radius 1 is 1.09 bits per heavy atom. The number of carbonyl (C=O) groups excluding carboxylic acids is 2. The number of rotatable bonds is 4. The first-order valence-electron chi connectivity index (χ1n) is 6.60. The van der Waals surface area contributed by atoms with Crippen LogP contribution in [-0.4, -0.2) is 18.0 Å². The minimum Gasteiger partial charge on any atom is -0.449 e. The van der Waals surface area contributed by atoms with Crippen molar-refractivity contribution in [2.24, 2.45) is 0 Å². The van der Waals surface area contributed by atoms with Crippen LogP contribution in [0, 0.1) is 11.6 Å². The van der Waals surface area contributed by atoms with Crippen LogP contribution in [0.15, 0.2) is 46.9 Å². The molecule has 0 aliphatic carbocycles. The van der Waals surface area contributed by atoms with Crippen molar-refractivity contribution >= 4 is 33.5 Å². The largest absolute Gasteiger partial charge is 0.449 e. The number of hydrogen-bond acceptors (Lipinski definition) is 3. The smallest absolute Gasteiger partial charge is 0.344 e. The van der Waals surface area contributed by atoms with Gasteiger partial charge < -0.3 is 10.1 Å². The summed E-state index contributed by atoms with van der Waals surface area (Å²) in [5.74, 6) is -3.94. The Morgan fingerprint density at radius 2 is 1.65 bits per heavy atom. The zero-order chi connectivity index (χ0) is 17.0. The molecule has 2 rings (SSSR count). The van der Waals surface area contributed by atoms with Crippen LogP contribution in [0.2, 0.25) is 0 Å². The van der Waals surface area contributed by atoms with Crippen molar-refractivity contribution in [1.82, 2.24) is 0 Å². The lowest BCUT2D eigenvalue weighted by atomic mass is 10.2. The van der Waals surface area contributed by atoms with Crippen LogP contribution in [0.25, 0.3) is 0 Å². The van der Waals surface area contributed by atoms with Gasteiger partial charge in [-0.1, -0.05) is 22.0 Å². The number of hydrogen-bond donors (Lipinski definition) is 1. The van der Waals surface area contributed by atoms with E-state index in [1.165, 1.54) is 6.92 Å². The van der Waals surface area contributed by atoms with Gasteiger partial charge in [0.2, 0.25) is 0 Å². The zero-order valence-electron chi connectivity index (χ0n) is 12.0. The molecule has 4 nitrogen and oxygen atoms in total. The summed E-state index contributed by atoms with van der Waals surface area (Å²) in [6.07, 6.45) is -1.22. The first-order valence-corrected chi connectivity index (χ1v) is 7.39. The third kappa shape index (κ3) is 4.35.